The molecule has 39 heavy (non-hydrogen) atoms. The zero-order valence-electron chi connectivity index (χ0n) is 22.7. The summed E-state index contributed by atoms with van der Waals surface area (Å²) in [4.78, 5) is 18.2. The molecule has 4 aromatic rings. The molecule has 3 aromatic carbocycles. The van der Waals surface area contributed by atoms with Crippen molar-refractivity contribution in [1.82, 2.24) is 14.8 Å². The molecule has 0 spiro atoms. The Labute approximate surface area is 237 Å². The van der Waals surface area contributed by atoms with Crippen molar-refractivity contribution < 1.29 is 9.53 Å². The Morgan fingerprint density at radius 1 is 1.08 bits per heavy atom. The Morgan fingerprint density at radius 3 is 2.54 bits per heavy atom. The van der Waals surface area contributed by atoms with Gasteiger partial charge in [-0.2, -0.15) is 10.1 Å². The average molecular weight is 587 g/mol. The second kappa shape index (κ2) is 10.7. The van der Waals surface area contributed by atoms with Crippen molar-refractivity contribution in [2.24, 2.45) is 0 Å². The molecule has 5 rings (SSSR count). The maximum atomic E-state index is 13.8. The zero-order chi connectivity index (χ0) is 27.7. The SMILES string of the molecule is CC1=C(C(=O)Nc2ccccc2C)C(c2cc(Br)ccc2OCc2ccc(C(C)(C)C)cc2)n2ncnc2N1. The summed E-state index contributed by atoms with van der Waals surface area (Å²) in [5.74, 6) is 1.01. The molecule has 0 aliphatic carbocycles. The third-order valence-corrected chi connectivity index (χ3v) is 7.41. The molecule has 1 amide bonds. The van der Waals surface area contributed by atoms with Crippen LogP contribution in [0.25, 0.3) is 0 Å². The van der Waals surface area contributed by atoms with Gasteiger partial charge in [-0.15, -0.1) is 0 Å². The van der Waals surface area contributed by atoms with Crippen LogP contribution in [0.3, 0.4) is 0 Å². The number of nitrogens with zero attached hydrogens (tertiary/aromatic N) is 3. The number of carbonyl (C=O) groups is 1. The molecule has 0 saturated heterocycles. The molecule has 0 fully saturated rings. The standard InChI is InChI=1S/C31H32BrN5O2/c1-19-8-6-7-9-25(19)36-29(38)27-20(2)35-30-33-18-34-37(30)28(27)24-16-23(32)14-15-26(24)39-17-21-10-12-22(13-11-21)31(3,4)5/h6-16,18,28H,17H2,1-5H3,(H,36,38)(H,33,34,35). The number of hydrogen-bond acceptors (Lipinski definition) is 5. The summed E-state index contributed by atoms with van der Waals surface area (Å²) in [7, 11) is 0. The van der Waals surface area contributed by atoms with Crippen molar-refractivity contribution in [3.05, 3.63) is 111 Å². The maximum absolute atomic E-state index is 13.8. The van der Waals surface area contributed by atoms with Crippen LogP contribution in [0, 0.1) is 6.92 Å². The minimum atomic E-state index is -0.552. The molecule has 2 heterocycles. The molecule has 200 valence electrons. The van der Waals surface area contributed by atoms with E-state index in [1.165, 1.54) is 11.9 Å². The predicted octanol–water partition coefficient (Wildman–Crippen LogP) is 7.15. The van der Waals surface area contributed by atoms with E-state index in [0.717, 1.165) is 26.9 Å². The summed E-state index contributed by atoms with van der Waals surface area (Å²) < 4.78 is 8.99. The fourth-order valence-electron chi connectivity index (χ4n) is 4.70. The lowest BCUT2D eigenvalue weighted by atomic mass is 9.87. The number of aryl methyl sites for hydroxylation is 1. The number of rotatable bonds is 6. The first-order valence-corrected chi connectivity index (χ1v) is 13.7. The lowest BCUT2D eigenvalue weighted by molar-refractivity contribution is -0.113. The Hall–Kier alpha value is -3.91. The lowest BCUT2D eigenvalue weighted by Gasteiger charge is -2.30. The largest absolute Gasteiger partial charge is 0.489 e. The molecule has 1 unspecified atom stereocenters. The third kappa shape index (κ3) is 5.61. The molecule has 7 nitrogen and oxygen atoms in total. The molecule has 0 saturated carbocycles. The fraction of sp³-hybridized carbons (Fsp3) is 0.258. The summed E-state index contributed by atoms with van der Waals surface area (Å²) in [6, 6.07) is 21.5. The topological polar surface area (TPSA) is 81.1 Å². The Bertz CT molecular complexity index is 1550. The molecule has 1 aromatic heterocycles. The fourth-order valence-corrected chi connectivity index (χ4v) is 5.08. The van der Waals surface area contributed by atoms with E-state index < -0.39 is 6.04 Å². The highest BCUT2D eigenvalue weighted by Crippen LogP contribution is 2.40. The monoisotopic (exact) mass is 585 g/mol. The Balaban J connectivity index is 1.51. The van der Waals surface area contributed by atoms with Crippen LogP contribution in [0.4, 0.5) is 11.6 Å². The quantitative estimate of drug-likeness (QED) is 0.251. The molecule has 1 aliphatic heterocycles. The summed E-state index contributed by atoms with van der Waals surface area (Å²) in [6.45, 7) is 10.8. The van der Waals surface area contributed by atoms with Crippen LogP contribution < -0.4 is 15.4 Å². The number of hydrogen-bond donors (Lipinski definition) is 2. The van der Waals surface area contributed by atoms with Crippen molar-refractivity contribution in [2.75, 3.05) is 10.6 Å². The van der Waals surface area contributed by atoms with Gasteiger partial charge in [0.25, 0.3) is 5.91 Å². The van der Waals surface area contributed by atoms with Crippen LogP contribution in [0.15, 0.2) is 88.8 Å². The first-order valence-electron chi connectivity index (χ1n) is 12.9. The zero-order valence-corrected chi connectivity index (χ0v) is 24.3. The van der Waals surface area contributed by atoms with Crippen molar-refractivity contribution in [3.63, 3.8) is 0 Å². The third-order valence-electron chi connectivity index (χ3n) is 6.91. The van der Waals surface area contributed by atoms with E-state index in [9.17, 15) is 4.79 Å². The van der Waals surface area contributed by atoms with Crippen molar-refractivity contribution in [3.8, 4) is 5.75 Å². The summed E-state index contributed by atoms with van der Waals surface area (Å²) >= 11 is 3.62. The van der Waals surface area contributed by atoms with Crippen LogP contribution in [-0.2, 0) is 16.8 Å². The Kier molecular flexibility index (Phi) is 7.32. The van der Waals surface area contributed by atoms with Gasteiger partial charge in [0.15, 0.2) is 0 Å². The number of carbonyl (C=O) groups excluding carboxylic acids is 1. The van der Waals surface area contributed by atoms with E-state index in [-0.39, 0.29) is 11.3 Å². The first-order chi connectivity index (χ1) is 18.6. The van der Waals surface area contributed by atoms with Gasteiger partial charge in [0.1, 0.15) is 24.7 Å². The second-order valence-corrected chi connectivity index (χ2v) is 11.7. The number of para-hydroxylation sites is 1. The Morgan fingerprint density at radius 2 is 1.82 bits per heavy atom. The number of benzene rings is 3. The van der Waals surface area contributed by atoms with E-state index in [4.69, 9.17) is 4.74 Å². The van der Waals surface area contributed by atoms with Crippen LogP contribution in [0.2, 0.25) is 0 Å². The number of nitrogens with one attached hydrogen (secondary N) is 2. The van der Waals surface area contributed by atoms with E-state index >= 15 is 0 Å². The normalized spacial score (nSPS) is 15.0. The molecule has 0 radical (unpaired) electrons. The minimum Gasteiger partial charge on any atom is -0.489 e. The molecular formula is C31H32BrN5O2. The van der Waals surface area contributed by atoms with E-state index in [2.05, 4.69) is 81.7 Å². The number of anilines is 2. The number of halogens is 1. The van der Waals surface area contributed by atoms with Crippen LogP contribution in [0.5, 0.6) is 5.75 Å². The number of allylic oxidation sites excluding steroid dienone is 1. The molecule has 1 atom stereocenters. The number of ether oxygens (including phenoxy) is 1. The van der Waals surface area contributed by atoms with Gasteiger partial charge < -0.3 is 15.4 Å². The van der Waals surface area contributed by atoms with Crippen molar-refractivity contribution in [2.45, 2.75) is 52.7 Å². The highest BCUT2D eigenvalue weighted by atomic mass is 79.9. The highest BCUT2D eigenvalue weighted by molar-refractivity contribution is 9.10. The molecule has 0 bridgehead atoms. The molecule has 8 heteroatoms. The van der Waals surface area contributed by atoms with E-state index in [0.29, 0.717) is 29.6 Å². The first kappa shape index (κ1) is 26.7. The minimum absolute atomic E-state index is 0.0856. The lowest BCUT2D eigenvalue weighted by Crippen LogP contribution is -2.32. The number of amides is 1. The van der Waals surface area contributed by atoms with Crippen molar-refractivity contribution in [1.29, 1.82) is 0 Å². The van der Waals surface area contributed by atoms with Gasteiger partial charge in [-0.1, -0.05) is 79.2 Å². The smallest absolute Gasteiger partial charge is 0.255 e. The maximum Gasteiger partial charge on any atom is 0.255 e. The predicted molar refractivity (Wildman–Crippen MR) is 158 cm³/mol. The van der Waals surface area contributed by atoms with Crippen LogP contribution >= 0.6 is 15.9 Å². The summed E-state index contributed by atoms with van der Waals surface area (Å²) in [5.41, 5.74) is 6.21. The molecule has 2 N–H and O–H groups in total. The van der Waals surface area contributed by atoms with Gasteiger partial charge in [-0.05, 0) is 60.2 Å². The van der Waals surface area contributed by atoms with E-state index in [1.54, 1.807) is 4.68 Å². The summed E-state index contributed by atoms with van der Waals surface area (Å²) in [5, 5.41) is 10.8. The number of fused-ring (bicyclic) bond motifs is 1. The highest BCUT2D eigenvalue weighted by Gasteiger charge is 2.35. The van der Waals surface area contributed by atoms with Crippen LogP contribution in [0.1, 0.15) is 56.0 Å². The second-order valence-electron chi connectivity index (χ2n) is 10.8. The van der Waals surface area contributed by atoms with E-state index in [1.807, 2.05) is 56.3 Å². The number of aromatic nitrogens is 3. The van der Waals surface area contributed by atoms with Gasteiger partial charge in [-0.25, -0.2) is 4.68 Å². The van der Waals surface area contributed by atoms with Gasteiger partial charge in [0, 0.05) is 21.4 Å². The van der Waals surface area contributed by atoms with Gasteiger partial charge in [-0.3, -0.25) is 4.79 Å². The van der Waals surface area contributed by atoms with Gasteiger partial charge in [0.2, 0.25) is 5.95 Å². The average Bonchev–Trinajstić information content (AvgIpc) is 3.36. The summed E-state index contributed by atoms with van der Waals surface area (Å²) in [6.07, 6.45) is 1.49. The van der Waals surface area contributed by atoms with Gasteiger partial charge >= 0.3 is 0 Å². The molecule has 1 aliphatic rings. The van der Waals surface area contributed by atoms with Crippen molar-refractivity contribution >= 4 is 33.5 Å². The van der Waals surface area contributed by atoms with Crippen LogP contribution in [-0.4, -0.2) is 20.7 Å². The molecular weight excluding hydrogens is 554 g/mol. The van der Waals surface area contributed by atoms with Gasteiger partial charge in [0.05, 0.1) is 5.57 Å².